The number of ether oxygens (including phenoxy) is 1. The summed E-state index contributed by atoms with van der Waals surface area (Å²) in [5, 5.41) is 7.20. The molecule has 1 aromatic heterocycles. The molecule has 0 spiro atoms. The first-order valence-corrected chi connectivity index (χ1v) is 12.1. The first-order chi connectivity index (χ1) is 15.6. The van der Waals surface area contributed by atoms with Gasteiger partial charge in [-0.2, -0.15) is 11.3 Å². The minimum Gasteiger partial charge on any atom is -0.496 e. The number of carbonyl (C=O) groups excluding carboxylic acids is 1. The maximum atomic E-state index is 12.2. The van der Waals surface area contributed by atoms with Gasteiger partial charge in [-0.05, 0) is 59.5 Å². The zero-order valence-corrected chi connectivity index (χ0v) is 20.5. The van der Waals surface area contributed by atoms with Crippen LogP contribution in [-0.2, 0) is 11.2 Å². The lowest BCUT2D eigenvalue weighted by molar-refractivity contribution is -0.121. The average molecular weight is 454 g/mol. The van der Waals surface area contributed by atoms with Crippen LogP contribution in [0.1, 0.15) is 37.8 Å². The number of hydrogen-bond donors (Lipinski definition) is 1. The van der Waals surface area contributed by atoms with E-state index in [4.69, 9.17) is 4.74 Å². The van der Waals surface area contributed by atoms with E-state index in [1.165, 1.54) is 0 Å². The fraction of sp³-hybridized carbons (Fsp3) is 0.385. The molecule has 0 aliphatic carbocycles. The number of nitrogens with one attached hydrogen (secondary N) is 1. The lowest BCUT2D eigenvalue weighted by Gasteiger charge is -2.34. The number of methoxy groups -OCH3 is 1. The van der Waals surface area contributed by atoms with Crippen molar-refractivity contribution in [3.05, 3.63) is 76.6 Å². The SMILES string of the molecule is C=C(/C=C\C(=NC)c1ccccc1OC)N1CCC(NC(=O)Cc2ccsc2)CC1.CC. The molecule has 6 heteroatoms. The number of piperidine rings is 1. The fourth-order valence-corrected chi connectivity index (χ4v) is 4.26. The van der Waals surface area contributed by atoms with Gasteiger partial charge in [0.15, 0.2) is 0 Å². The summed E-state index contributed by atoms with van der Waals surface area (Å²) in [4.78, 5) is 18.9. The van der Waals surface area contributed by atoms with Gasteiger partial charge >= 0.3 is 0 Å². The number of rotatable bonds is 8. The van der Waals surface area contributed by atoms with Crippen molar-refractivity contribution in [2.24, 2.45) is 4.99 Å². The second-order valence-corrected chi connectivity index (χ2v) is 8.05. The van der Waals surface area contributed by atoms with Gasteiger partial charge < -0.3 is 15.0 Å². The van der Waals surface area contributed by atoms with E-state index < -0.39 is 0 Å². The lowest BCUT2D eigenvalue weighted by atomic mass is 10.0. The number of nitrogens with zero attached hydrogens (tertiary/aromatic N) is 2. The van der Waals surface area contributed by atoms with Crippen LogP contribution in [0.15, 0.2) is 70.5 Å². The predicted molar refractivity (Wildman–Crippen MR) is 136 cm³/mol. The van der Waals surface area contributed by atoms with Crippen LogP contribution in [0.5, 0.6) is 5.75 Å². The average Bonchev–Trinajstić information content (AvgIpc) is 3.34. The Morgan fingerprint density at radius 2 is 1.97 bits per heavy atom. The molecule has 1 fully saturated rings. The van der Waals surface area contributed by atoms with E-state index >= 15 is 0 Å². The van der Waals surface area contributed by atoms with Gasteiger partial charge in [-0.15, -0.1) is 0 Å². The molecule has 0 saturated carbocycles. The summed E-state index contributed by atoms with van der Waals surface area (Å²) >= 11 is 1.62. The second-order valence-electron chi connectivity index (χ2n) is 7.27. The van der Waals surface area contributed by atoms with E-state index in [1.807, 2.05) is 67.1 Å². The summed E-state index contributed by atoms with van der Waals surface area (Å²) < 4.78 is 5.45. The highest BCUT2D eigenvalue weighted by atomic mass is 32.1. The molecule has 1 saturated heterocycles. The number of benzene rings is 1. The molecule has 0 bridgehead atoms. The molecule has 0 radical (unpaired) electrons. The highest BCUT2D eigenvalue weighted by Gasteiger charge is 2.21. The van der Waals surface area contributed by atoms with Gasteiger partial charge in [0, 0.05) is 37.4 Å². The minimum atomic E-state index is 0.103. The third kappa shape index (κ3) is 7.38. The first-order valence-electron chi connectivity index (χ1n) is 11.1. The van der Waals surface area contributed by atoms with Crippen molar-refractivity contribution in [3.8, 4) is 5.75 Å². The maximum Gasteiger partial charge on any atom is 0.224 e. The summed E-state index contributed by atoms with van der Waals surface area (Å²) in [6, 6.07) is 10.1. The summed E-state index contributed by atoms with van der Waals surface area (Å²) in [5.74, 6) is 0.901. The number of hydrogen-bond acceptors (Lipinski definition) is 5. The number of aliphatic imine (C=N–C) groups is 1. The van der Waals surface area contributed by atoms with E-state index in [1.54, 1.807) is 25.5 Å². The summed E-state index contributed by atoms with van der Waals surface area (Å²) in [7, 11) is 3.44. The fourth-order valence-electron chi connectivity index (χ4n) is 3.59. The van der Waals surface area contributed by atoms with Crippen LogP contribution in [0.2, 0.25) is 0 Å². The standard InChI is InChI=1S/C24H29N3O2S.C2H6/c1-18(8-9-22(25-2)21-6-4-5-7-23(21)29-3)27-13-10-20(11-14-27)26-24(28)16-19-12-15-30-17-19;1-2/h4-9,12,15,17,20H,1,10-11,13-14,16H2,2-3H3,(H,26,28);1-2H3/b9-8-,25-22?;. The van der Waals surface area contributed by atoms with Crippen LogP contribution in [0.4, 0.5) is 0 Å². The monoisotopic (exact) mass is 453 g/mol. The van der Waals surface area contributed by atoms with Crippen molar-refractivity contribution in [3.63, 3.8) is 0 Å². The summed E-state index contributed by atoms with van der Waals surface area (Å²) in [6.45, 7) is 9.97. The van der Waals surface area contributed by atoms with Gasteiger partial charge in [0.2, 0.25) is 5.91 Å². The van der Waals surface area contributed by atoms with E-state index in [2.05, 4.69) is 21.8 Å². The van der Waals surface area contributed by atoms with Gasteiger partial charge in [0.1, 0.15) is 5.75 Å². The van der Waals surface area contributed by atoms with Crippen LogP contribution >= 0.6 is 11.3 Å². The quantitative estimate of drug-likeness (QED) is 0.447. The molecule has 2 aromatic rings. The Balaban J connectivity index is 0.00000176. The van der Waals surface area contributed by atoms with E-state index in [-0.39, 0.29) is 11.9 Å². The Labute approximate surface area is 196 Å². The Morgan fingerprint density at radius 1 is 1.25 bits per heavy atom. The topological polar surface area (TPSA) is 53.9 Å². The molecule has 1 aliphatic rings. The highest BCUT2D eigenvalue weighted by Crippen LogP contribution is 2.20. The van der Waals surface area contributed by atoms with Gasteiger partial charge in [0.25, 0.3) is 0 Å². The molecular weight excluding hydrogens is 418 g/mol. The van der Waals surface area contributed by atoms with Crippen molar-refractivity contribution >= 4 is 23.0 Å². The minimum absolute atomic E-state index is 0.103. The predicted octanol–water partition coefficient (Wildman–Crippen LogP) is 5.10. The molecule has 1 aromatic carbocycles. The van der Waals surface area contributed by atoms with Crippen LogP contribution < -0.4 is 10.1 Å². The Kier molecular flexibility index (Phi) is 10.7. The van der Waals surface area contributed by atoms with Gasteiger partial charge in [-0.3, -0.25) is 9.79 Å². The van der Waals surface area contributed by atoms with Gasteiger partial charge in [-0.25, -0.2) is 0 Å². The first kappa shape index (κ1) is 25.4. The van der Waals surface area contributed by atoms with Crippen molar-refractivity contribution in [1.29, 1.82) is 0 Å². The zero-order chi connectivity index (χ0) is 23.3. The van der Waals surface area contributed by atoms with Crippen molar-refractivity contribution in [1.82, 2.24) is 10.2 Å². The number of carbonyl (C=O) groups is 1. The van der Waals surface area contributed by atoms with Crippen molar-refractivity contribution in [2.75, 3.05) is 27.2 Å². The van der Waals surface area contributed by atoms with Gasteiger partial charge in [-0.1, -0.05) is 32.6 Å². The normalized spacial score (nSPS) is 14.6. The smallest absolute Gasteiger partial charge is 0.224 e. The van der Waals surface area contributed by atoms with Crippen LogP contribution in [-0.4, -0.2) is 49.8 Å². The van der Waals surface area contributed by atoms with E-state index in [9.17, 15) is 4.79 Å². The number of allylic oxidation sites excluding steroid dienone is 2. The van der Waals surface area contributed by atoms with Crippen molar-refractivity contribution in [2.45, 2.75) is 39.2 Å². The van der Waals surface area contributed by atoms with Crippen LogP contribution in [0.25, 0.3) is 0 Å². The lowest BCUT2D eigenvalue weighted by Crippen LogP contribution is -2.44. The Morgan fingerprint density at radius 3 is 2.59 bits per heavy atom. The number of thiophene rings is 1. The third-order valence-corrected chi connectivity index (χ3v) is 6.00. The van der Waals surface area contributed by atoms with Crippen molar-refractivity contribution < 1.29 is 9.53 Å². The highest BCUT2D eigenvalue weighted by molar-refractivity contribution is 7.08. The van der Waals surface area contributed by atoms with Crippen LogP contribution in [0, 0.1) is 0 Å². The molecule has 0 unspecified atom stereocenters. The van der Waals surface area contributed by atoms with Gasteiger partial charge in [0.05, 0.1) is 19.2 Å². The molecule has 1 N–H and O–H groups in total. The third-order valence-electron chi connectivity index (χ3n) is 5.27. The molecule has 3 rings (SSSR count). The maximum absolute atomic E-state index is 12.2. The Bertz CT molecular complexity index is 911. The molecule has 1 amide bonds. The molecule has 32 heavy (non-hydrogen) atoms. The Hall–Kier alpha value is -2.86. The molecular formula is C26H35N3O2S. The van der Waals surface area contributed by atoms with E-state index in [0.717, 1.165) is 54.2 Å². The molecule has 1 aliphatic heterocycles. The second kappa shape index (κ2) is 13.5. The van der Waals surface area contributed by atoms with Crippen LogP contribution in [0.3, 0.4) is 0 Å². The number of amides is 1. The largest absolute Gasteiger partial charge is 0.496 e. The summed E-state index contributed by atoms with van der Waals surface area (Å²) in [6.07, 6.45) is 6.29. The molecule has 172 valence electrons. The molecule has 5 nitrogen and oxygen atoms in total. The van der Waals surface area contributed by atoms with E-state index in [0.29, 0.717) is 6.42 Å². The molecule has 0 atom stereocenters. The summed E-state index contributed by atoms with van der Waals surface area (Å²) in [5.41, 5.74) is 3.84. The number of para-hydroxylation sites is 1. The zero-order valence-electron chi connectivity index (χ0n) is 19.6. The molecule has 2 heterocycles. The number of likely N-dealkylation sites (tertiary alicyclic amines) is 1.